The van der Waals surface area contributed by atoms with Gasteiger partial charge in [0.1, 0.15) is 18.0 Å². The fraction of sp³-hybridized carbons (Fsp3) is 0.258. The number of amides is 1. The van der Waals surface area contributed by atoms with Crippen molar-refractivity contribution in [2.75, 3.05) is 56.2 Å². The number of alkyl halides is 3. The molecule has 1 fully saturated rings. The van der Waals surface area contributed by atoms with Crippen LogP contribution < -0.4 is 14.5 Å². The number of piperazine rings is 1. The molecule has 13 heteroatoms. The lowest BCUT2D eigenvalue weighted by Gasteiger charge is -2.34. The maximum Gasteiger partial charge on any atom is 0.490 e. The number of hydrogen-bond acceptors (Lipinski definition) is 6. The molecule has 0 unspecified atom stereocenters. The van der Waals surface area contributed by atoms with Crippen molar-refractivity contribution in [2.24, 2.45) is 0 Å². The number of carboxylic acid groups (broad SMARTS) is 1. The van der Waals surface area contributed by atoms with Gasteiger partial charge in [0.05, 0.1) is 22.9 Å². The van der Waals surface area contributed by atoms with E-state index < -0.39 is 12.1 Å². The maximum absolute atomic E-state index is 12.6. The second kappa shape index (κ2) is 12.6. The highest BCUT2D eigenvalue weighted by atomic mass is 35.5. The average Bonchev–Trinajstić information content (AvgIpc) is 3.41. The third-order valence-corrected chi connectivity index (χ3v) is 7.78. The Morgan fingerprint density at radius 2 is 1.70 bits per heavy atom. The molecule has 4 aromatic rings. The number of H-pyrrole nitrogens is 1. The largest absolute Gasteiger partial charge is 0.490 e. The molecule has 1 amide bonds. The molecule has 0 saturated carbocycles. The summed E-state index contributed by atoms with van der Waals surface area (Å²) in [6.07, 6.45) is -2.04. The highest BCUT2D eigenvalue weighted by molar-refractivity contribution is 6.37. The van der Waals surface area contributed by atoms with Crippen molar-refractivity contribution < 1.29 is 32.6 Å². The second-order valence-corrected chi connectivity index (χ2v) is 10.7. The number of carbonyl (C=O) groups is 2. The molecular weight excluding hydrogens is 599 g/mol. The Morgan fingerprint density at radius 3 is 2.34 bits per heavy atom. The zero-order valence-electron chi connectivity index (χ0n) is 23.7. The van der Waals surface area contributed by atoms with Crippen molar-refractivity contribution in [1.82, 2.24) is 14.9 Å². The van der Waals surface area contributed by atoms with Crippen LogP contribution in [0.1, 0.15) is 0 Å². The quantitative estimate of drug-likeness (QED) is 0.274. The van der Waals surface area contributed by atoms with Gasteiger partial charge in [-0.05, 0) is 54.6 Å². The zero-order chi connectivity index (χ0) is 31.6. The molecule has 0 spiro atoms. The lowest BCUT2D eigenvalue weighted by Crippen LogP contribution is -2.44. The lowest BCUT2D eigenvalue weighted by atomic mass is 9.97. The molecule has 4 heterocycles. The maximum atomic E-state index is 12.6. The standard InChI is InChI=1S/C29H28ClN5O2.C2HF3O2/c1-3-25(36)35-16-17-37-24-9-6-20(18-23(24)35)26-27-22(30)10-11-31-29(27)32-28(26)19-4-7-21(8-5-19)34-14-12-33(2)13-15-34;3-2(4,5)1(6)7/h3-11,18H,1,12-17H2,2H3,(H,31,32);(H,6,7). The summed E-state index contributed by atoms with van der Waals surface area (Å²) < 4.78 is 37.6. The lowest BCUT2D eigenvalue weighted by molar-refractivity contribution is -0.192. The molecule has 44 heavy (non-hydrogen) atoms. The minimum Gasteiger partial charge on any atom is -0.490 e. The third-order valence-electron chi connectivity index (χ3n) is 7.46. The van der Waals surface area contributed by atoms with Crippen LogP contribution in [0, 0.1) is 0 Å². The molecule has 2 aromatic carbocycles. The van der Waals surface area contributed by atoms with E-state index in [0.29, 0.717) is 29.6 Å². The third kappa shape index (κ3) is 6.36. The monoisotopic (exact) mass is 627 g/mol. The van der Waals surface area contributed by atoms with E-state index in [-0.39, 0.29) is 5.91 Å². The summed E-state index contributed by atoms with van der Waals surface area (Å²) in [5.74, 6) is -2.24. The molecular formula is C31H29ClF3N5O4. The molecule has 9 nitrogen and oxygen atoms in total. The number of likely N-dealkylation sites (N-methyl/N-ethyl adjacent to an activating group) is 1. The van der Waals surface area contributed by atoms with Crippen LogP contribution in [0.2, 0.25) is 5.02 Å². The van der Waals surface area contributed by atoms with Crippen LogP contribution in [0.25, 0.3) is 33.4 Å². The molecule has 0 radical (unpaired) electrons. The molecule has 0 atom stereocenters. The summed E-state index contributed by atoms with van der Waals surface area (Å²) in [6, 6.07) is 16.4. The van der Waals surface area contributed by atoms with Crippen LogP contribution in [0.15, 0.2) is 67.4 Å². The minimum absolute atomic E-state index is 0.153. The summed E-state index contributed by atoms with van der Waals surface area (Å²) >= 11 is 6.72. The van der Waals surface area contributed by atoms with Crippen molar-refractivity contribution in [3.8, 4) is 28.1 Å². The van der Waals surface area contributed by atoms with E-state index in [9.17, 15) is 18.0 Å². The van der Waals surface area contributed by atoms with Crippen molar-refractivity contribution in [3.63, 3.8) is 0 Å². The Bertz CT molecular complexity index is 1700. The van der Waals surface area contributed by atoms with Gasteiger partial charge in [-0.2, -0.15) is 13.2 Å². The molecule has 2 N–H and O–H groups in total. The van der Waals surface area contributed by atoms with Crippen LogP contribution >= 0.6 is 11.6 Å². The molecule has 230 valence electrons. The van der Waals surface area contributed by atoms with Gasteiger partial charge < -0.3 is 29.5 Å². The Hall–Kier alpha value is -4.55. The predicted molar refractivity (Wildman–Crippen MR) is 163 cm³/mol. The van der Waals surface area contributed by atoms with Crippen LogP contribution in [-0.2, 0) is 9.59 Å². The minimum atomic E-state index is -5.08. The summed E-state index contributed by atoms with van der Waals surface area (Å²) in [4.78, 5) is 36.0. The van der Waals surface area contributed by atoms with Crippen molar-refractivity contribution in [1.29, 1.82) is 0 Å². The molecule has 0 aliphatic carbocycles. The number of nitrogens with zero attached hydrogens (tertiary/aromatic N) is 4. The van der Waals surface area contributed by atoms with Crippen LogP contribution in [-0.4, -0.2) is 84.4 Å². The number of carbonyl (C=O) groups excluding carboxylic acids is 1. The van der Waals surface area contributed by atoms with Gasteiger partial charge in [0, 0.05) is 49.0 Å². The highest BCUT2D eigenvalue weighted by Crippen LogP contribution is 2.44. The zero-order valence-corrected chi connectivity index (χ0v) is 24.5. The number of fused-ring (bicyclic) bond motifs is 2. The topological polar surface area (TPSA) is 102 Å². The number of rotatable bonds is 4. The first-order chi connectivity index (χ1) is 21.0. The number of nitrogens with one attached hydrogen (secondary N) is 1. The summed E-state index contributed by atoms with van der Waals surface area (Å²) in [5.41, 5.74) is 6.49. The number of aliphatic carboxylic acids is 1. The van der Waals surface area contributed by atoms with Crippen LogP contribution in [0.5, 0.6) is 5.75 Å². The number of benzene rings is 2. The Kier molecular flexibility index (Phi) is 8.84. The first-order valence-electron chi connectivity index (χ1n) is 13.7. The van der Waals surface area contributed by atoms with Crippen LogP contribution in [0.3, 0.4) is 0 Å². The molecule has 6 rings (SSSR count). The number of halogens is 4. The van der Waals surface area contributed by atoms with Gasteiger partial charge in [0.25, 0.3) is 5.91 Å². The van der Waals surface area contributed by atoms with E-state index in [4.69, 9.17) is 26.2 Å². The number of hydrogen-bond donors (Lipinski definition) is 2. The SMILES string of the molecule is C=CC(=O)N1CCOc2ccc(-c3c(-c4ccc(N5CCN(C)CC5)cc4)[nH]c4nccc(Cl)c34)cc21.O=C(O)C(F)(F)F. The van der Waals surface area contributed by atoms with E-state index in [0.717, 1.165) is 59.6 Å². The van der Waals surface area contributed by atoms with Crippen molar-refractivity contribution in [3.05, 3.63) is 72.4 Å². The van der Waals surface area contributed by atoms with Crippen molar-refractivity contribution in [2.45, 2.75) is 6.18 Å². The first-order valence-corrected chi connectivity index (χ1v) is 14.1. The summed E-state index contributed by atoms with van der Waals surface area (Å²) in [6.45, 7) is 8.74. The van der Waals surface area contributed by atoms with E-state index >= 15 is 0 Å². The van der Waals surface area contributed by atoms with Gasteiger partial charge in [-0.3, -0.25) is 4.79 Å². The van der Waals surface area contributed by atoms with E-state index in [1.54, 1.807) is 17.2 Å². The number of anilines is 2. The molecule has 2 aliphatic heterocycles. The van der Waals surface area contributed by atoms with Gasteiger partial charge in [0.15, 0.2) is 0 Å². The Balaban J connectivity index is 0.000000493. The number of carboxylic acids is 1. The average molecular weight is 628 g/mol. The predicted octanol–water partition coefficient (Wildman–Crippen LogP) is 5.85. The fourth-order valence-corrected chi connectivity index (χ4v) is 5.44. The number of pyridine rings is 1. The highest BCUT2D eigenvalue weighted by Gasteiger charge is 2.38. The molecule has 0 bridgehead atoms. The first kappa shape index (κ1) is 30.9. The van der Waals surface area contributed by atoms with Gasteiger partial charge in [-0.15, -0.1) is 0 Å². The number of ether oxygens (including phenoxy) is 1. The smallest absolute Gasteiger partial charge is 0.490 e. The summed E-state index contributed by atoms with van der Waals surface area (Å²) in [7, 11) is 2.16. The van der Waals surface area contributed by atoms with Gasteiger partial charge in [0.2, 0.25) is 0 Å². The van der Waals surface area contributed by atoms with E-state index in [1.807, 2.05) is 18.2 Å². The van der Waals surface area contributed by atoms with E-state index in [1.165, 1.54) is 11.8 Å². The number of aromatic amines is 1. The van der Waals surface area contributed by atoms with E-state index in [2.05, 4.69) is 57.7 Å². The van der Waals surface area contributed by atoms with Crippen LogP contribution in [0.4, 0.5) is 24.5 Å². The van der Waals surface area contributed by atoms with Gasteiger partial charge >= 0.3 is 12.1 Å². The number of aromatic nitrogens is 2. The Morgan fingerprint density at radius 1 is 1.05 bits per heavy atom. The molecule has 2 aliphatic rings. The normalized spacial score (nSPS) is 15.2. The Labute approximate surface area is 256 Å². The fourth-order valence-electron chi connectivity index (χ4n) is 5.20. The molecule has 1 saturated heterocycles. The van der Waals surface area contributed by atoms with Gasteiger partial charge in [-0.1, -0.05) is 36.4 Å². The summed E-state index contributed by atoms with van der Waals surface area (Å²) in [5, 5.41) is 8.59. The molecule has 2 aromatic heterocycles. The van der Waals surface area contributed by atoms with Gasteiger partial charge in [-0.25, -0.2) is 9.78 Å². The van der Waals surface area contributed by atoms with Crippen molar-refractivity contribution >= 4 is 45.9 Å². The second-order valence-electron chi connectivity index (χ2n) is 10.3.